The van der Waals surface area contributed by atoms with E-state index in [0.717, 1.165) is 12.8 Å². The lowest BCUT2D eigenvalue weighted by Crippen LogP contribution is -2.32. The van der Waals surface area contributed by atoms with Crippen molar-refractivity contribution in [1.82, 2.24) is 0 Å². The van der Waals surface area contributed by atoms with Crippen molar-refractivity contribution in [3.05, 3.63) is 0 Å². The third kappa shape index (κ3) is 0.959. The highest BCUT2D eigenvalue weighted by Crippen LogP contribution is 2.43. The van der Waals surface area contributed by atoms with Crippen molar-refractivity contribution in [1.29, 1.82) is 0 Å². The normalized spacial score (nSPS) is 44.8. The third-order valence-electron chi connectivity index (χ3n) is 3.11. The van der Waals surface area contributed by atoms with Crippen LogP contribution in [0, 0.1) is 11.8 Å². The summed E-state index contributed by atoms with van der Waals surface area (Å²) in [6, 6.07) is 0. The summed E-state index contributed by atoms with van der Waals surface area (Å²) in [4.78, 5) is 11.3. The van der Waals surface area contributed by atoms with Gasteiger partial charge in [-0.15, -0.1) is 0 Å². The fraction of sp³-hybridized carbons (Fsp3) is 0.889. The molecule has 0 N–H and O–H groups in total. The van der Waals surface area contributed by atoms with Gasteiger partial charge in [-0.1, -0.05) is 6.92 Å². The molecule has 0 aromatic rings. The lowest BCUT2D eigenvalue weighted by molar-refractivity contribution is -0.148. The number of ether oxygens (including phenoxy) is 2. The second-order valence-electron chi connectivity index (χ2n) is 3.70. The van der Waals surface area contributed by atoms with Crippen LogP contribution in [0.5, 0.6) is 0 Å². The summed E-state index contributed by atoms with van der Waals surface area (Å²) in [6.45, 7) is 2.07. The van der Waals surface area contributed by atoms with Crippen molar-refractivity contribution in [2.75, 3.05) is 7.11 Å². The number of rotatable bonds is 1. The summed E-state index contributed by atoms with van der Waals surface area (Å²) in [7, 11) is 1.45. The lowest BCUT2D eigenvalue weighted by Gasteiger charge is -2.21. The number of carbonyl (C=O) groups excluding carboxylic acids is 1. The van der Waals surface area contributed by atoms with Gasteiger partial charge in [0.2, 0.25) is 0 Å². The zero-order valence-corrected chi connectivity index (χ0v) is 7.45. The smallest absolute Gasteiger partial charge is 0.311 e. The molecule has 0 aliphatic carbocycles. The van der Waals surface area contributed by atoms with Crippen molar-refractivity contribution in [3.63, 3.8) is 0 Å². The van der Waals surface area contributed by atoms with Crippen LogP contribution in [0.1, 0.15) is 19.8 Å². The van der Waals surface area contributed by atoms with Gasteiger partial charge in [-0.05, 0) is 18.8 Å². The SMILES string of the molecule is COC(=O)C1C2CCC(O2)[C@H]1C. The molecule has 3 heteroatoms. The number of carbonyl (C=O) groups is 1. The first-order valence-electron chi connectivity index (χ1n) is 4.47. The standard InChI is InChI=1S/C9H14O3/c1-5-6-3-4-7(12-6)8(5)9(10)11-2/h5-8H,3-4H2,1-2H3/t5-,6?,7?,8?/m1/s1. The Labute approximate surface area is 72.0 Å². The molecule has 2 aliphatic heterocycles. The van der Waals surface area contributed by atoms with E-state index in [1.54, 1.807) is 0 Å². The Morgan fingerprint density at radius 3 is 2.58 bits per heavy atom. The number of methoxy groups -OCH3 is 1. The maximum Gasteiger partial charge on any atom is 0.311 e. The van der Waals surface area contributed by atoms with Crippen LogP contribution in [0.4, 0.5) is 0 Å². The molecule has 0 aromatic heterocycles. The Balaban J connectivity index is 2.12. The molecule has 0 aromatic carbocycles. The quantitative estimate of drug-likeness (QED) is 0.550. The van der Waals surface area contributed by atoms with Gasteiger partial charge in [0.1, 0.15) is 0 Å². The first kappa shape index (κ1) is 8.05. The molecule has 0 amide bonds. The summed E-state index contributed by atoms with van der Waals surface area (Å²) in [5.74, 6) is 0.236. The van der Waals surface area contributed by atoms with Crippen molar-refractivity contribution in [2.24, 2.45) is 11.8 Å². The Kier molecular flexibility index (Phi) is 1.83. The van der Waals surface area contributed by atoms with Crippen LogP contribution in [-0.4, -0.2) is 25.3 Å². The predicted molar refractivity (Wildman–Crippen MR) is 42.6 cm³/mol. The first-order valence-corrected chi connectivity index (χ1v) is 4.47. The van der Waals surface area contributed by atoms with Crippen molar-refractivity contribution in [2.45, 2.75) is 32.0 Å². The molecule has 2 heterocycles. The molecule has 68 valence electrons. The number of fused-ring (bicyclic) bond motifs is 2. The van der Waals surface area contributed by atoms with E-state index in [9.17, 15) is 4.79 Å². The van der Waals surface area contributed by atoms with Gasteiger partial charge >= 0.3 is 5.97 Å². The van der Waals surface area contributed by atoms with Gasteiger partial charge in [0.05, 0.1) is 25.2 Å². The van der Waals surface area contributed by atoms with E-state index in [-0.39, 0.29) is 18.0 Å². The van der Waals surface area contributed by atoms with Gasteiger partial charge in [-0.3, -0.25) is 4.79 Å². The molecule has 2 aliphatic rings. The topological polar surface area (TPSA) is 35.5 Å². The molecule has 0 saturated carbocycles. The summed E-state index contributed by atoms with van der Waals surface area (Å²) >= 11 is 0. The maximum atomic E-state index is 11.3. The van der Waals surface area contributed by atoms with Crippen LogP contribution >= 0.6 is 0 Å². The largest absolute Gasteiger partial charge is 0.469 e. The van der Waals surface area contributed by atoms with Gasteiger partial charge in [0, 0.05) is 0 Å². The van der Waals surface area contributed by atoms with Gasteiger partial charge in [0.15, 0.2) is 0 Å². The Morgan fingerprint density at radius 2 is 2.08 bits per heavy atom. The van der Waals surface area contributed by atoms with Crippen LogP contribution in [0.15, 0.2) is 0 Å². The third-order valence-corrected chi connectivity index (χ3v) is 3.11. The van der Waals surface area contributed by atoms with Gasteiger partial charge < -0.3 is 9.47 Å². The van der Waals surface area contributed by atoms with Crippen LogP contribution in [0.25, 0.3) is 0 Å². The highest BCUT2D eigenvalue weighted by Gasteiger charge is 2.50. The fourth-order valence-electron chi connectivity index (χ4n) is 2.41. The second kappa shape index (κ2) is 2.73. The fourth-order valence-corrected chi connectivity index (χ4v) is 2.41. The molecular weight excluding hydrogens is 156 g/mol. The molecule has 2 saturated heterocycles. The summed E-state index contributed by atoms with van der Waals surface area (Å²) < 4.78 is 10.4. The number of hydrogen-bond acceptors (Lipinski definition) is 3. The van der Waals surface area contributed by atoms with Crippen LogP contribution in [0.2, 0.25) is 0 Å². The van der Waals surface area contributed by atoms with Gasteiger partial charge in [0.25, 0.3) is 0 Å². The molecule has 2 fully saturated rings. The van der Waals surface area contributed by atoms with E-state index in [2.05, 4.69) is 6.92 Å². The number of hydrogen-bond donors (Lipinski definition) is 0. The van der Waals surface area contributed by atoms with E-state index in [1.165, 1.54) is 7.11 Å². The molecule has 2 rings (SSSR count). The second-order valence-corrected chi connectivity index (χ2v) is 3.70. The van der Waals surface area contributed by atoms with E-state index < -0.39 is 0 Å². The Bertz CT molecular complexity index is 200. The minimum atomic E-state index is -0.102. The average molecular weight is 170 g/mol. The zero-order chi connectivity index (χ0) is 8.72. The molecule has 12 heavy (non-hydrogen) atoms. The van der Waals surface area contributed by atoms with E-state index >= 15 is 0 Å². The minimum Gasteiger partial charge on any atom is -0.469 e. The predicted octanol–water partition coefficient (Wildman–Crippen LogP) is 0.973. The minimum absolute atomic E-state index is 0.00579. The van der Waals surface area contributed by atoms with E-state index in [4.69, 9.17) is 9.47 Å². The summed E-state index contributed by atoms with van der Waals surface area (Å²) in [5, 5.41) is 0. The van der Waals surface area contributed by atoms with E-state index in [0.29, 0.717) is 12.0 Å². The van der Waals surface area contributed by atoms with Crippen LogP contribution in [0.3, 0.4) is 0 Å². The average Bonchev–Trinajstić information content (AvgIpc) is 2.63. The highest BCUT2D eigenvalue weighted by molar-refractivity contribution is 5.74. The molecule has 2 bridgehead atoms. The summed E-state index contributed by atoms with van der Waals surface area (Å²) in [6.07, 6.45) is 2.57. The molecule has 3 nitrogen and oxygen atoms in total. The molecule has 0 spiro atoms. The van der Waals surface area contributed by atoms with Crippen molar-refractivity contribution >= 4 is 5.97 Å². The molecular formula is C9H14O3. The highest BCUT2D eigenvalue weighted by atomic mass is 16.5. The van der Waals surface area contributed by atoms with Crippen LogP contribution < -0.4 is 0 Å². The van der Waals surface area contributed by atoms with Crippen molar-refractivity contribution in [3.8, 4) is 0 Å². The van der Waals surface area contributed by atoms with E-state index in [1.807, 2.05) is 0 Å². The Morgan fingerprint density at radius 1 is 1.42 bits per heavy atom. The molecule has 4 atom stereocenters. The zero-order valence-electron chi connectivity index (χ0n) is 7.45. The monoisotopic (exact) mass is 170 g/mol. The summed E-state index contributed by atoms with van der Waals surface area (Å²) in [5.41, 5.74) is 0. The van der Waals surface area contributed by atoms with Crippen molar-refractivity contribution < 1.29 is 14.3 Å². The van der Waals surface area contributed by atoms with Crippen LogP contribution in [-0.2, 0) is 14.3 Å². The maximum absolute atomic E-state index is 11.3. The Hall–Kier alpha value is -0.570. The lowest BCUT2D eigenvalue weighted by atomic mass is 9.80. The van der Waals surface area contributed by atoms with Gasteiger partial charge in [-0.2, -0.15) is 0 Å². The molecule has 3 unspecified atom stereocenters. The number of esters is 1. The van der Waals surface area contributed by atoms with Gasteiger partial charge in [-0.25, -0.2) is 0 Å². The first-order chi connectivity index (χ1) is 5.74. The molecule has 0 radical (unpaired) electrons.